The van der Waals surface area contributed by atoms with E-state index in [2.05, 4.69) is 50.5 Å². The Morgan fingerprint density at radius 3 is 2.21 bits per heavy atom. The fourth-order valence-corrected chi connectivity index (χ4v) is 2.74. The molecule has 0 fully saturated rings. The lowest BCUT2D eigenvalue weighted by Gasteiger charge is -2.20. The second-order valence-electron chi connectivity index (χ2n) is 6.64. The first-order valence-corrected chi connectivity index (χ1v) is 8.27. The maximum atomic E-state index is 11.5. The van der Waals surface area contributed by atoms with Crippen LogP contribution in [0.4, 0.5) is 0 Å². The Bertz CT molecular complexity index is 714. The van der Waals surface area contributed by atoms with Crippen molar-refractivity contribution < 1.29 is 10.0 Å². The van der Waals surface area contributed by atoms with Crippen molar-refractivity contribution in [1.82, 2.24) is 9.63 Å². The van der Waals surface area contributed by atoms with Gasteiger partial charge in [-0.25, -0.2) is 5.06 Å². The molecular formula is C20H26N2O2. The molecule has 0 atom stereocenters. The Morgan fingerprint density at radius 2 is 1.71 bits per heavy atom. The number of carbonyl (C=O) groups excluding carboxylic acids is 1. The summed E-state index contributed by atoms with van der Waals surface area (Å²) in [4.78, 5) is 11.5. The van der Waals surface area contributed by atoms with Crippen molar-refractivity contribution in [3.05, 3.63) is 59.4 Å². The van der Waals surface area contributed by atoms with Gasteiger partial charge in [-0.3, -0.25) is 10.0 Å². The van der Waals surface area contributed by atoms with Crippen LogP contribution in [0, 0.1) is 0 Å². The maximum absolute atomic E-state index is 11.5. The quantitative estimate of drug-likeness (QED) is 0.496. The Morgan fingerprint density at radius 1 is 1.12 bits per heavy atom. The minimum atomic E-state index is -0.451. The van der Waals surface area contributed by atoms with Crippen LogP contribution in [-0.2, 0) is 4.79 Å². The summed E-state index contributed by atoms with van der Waals surface area (Å²) in [7, 11) is 1.31. The van der Waals surface area contributed by atoms with Gasteiger partial charge in [0.1, 0.15) is 0 Å². The molecular weight excluding hydrogens is 300 g/mol. The van der Waals surface area contributed by atoms with Crippen LogP contribution in [0.15, 0.2) is 42.7 Å². The van der Waals surface area contributed by atoms with Gasteiger partial charge in [0, 0.05) is 25.5 Å². The first kappa shape index (κ1) is 18.0. The van der Waals surface area contributed by atoms with Crippen molar-refractivity contribution in [1.29, 1.82) is 0 Å². The number of benzene rings is 1. The van der Waals surface area contributed by atoms with Gasteiger partial charge in [-0.15, -0.1) is 0 Å². The zero-order valence-corrected chi connectivity index (χ0v) is 15.0. The molecule has 0 aliphatic carbocycles. The molecule has 0 radical (unpaired) electrons. The molecule has 4 nitrogen and oxygen atoms in total. The average Bonchev–Trinajstić information content (AvgIpc) is 3.00. The number of amides is 1. The van der Waals surface area contributed by atoms with Gasteiger partial charge in [-0.1, -0.05) is 45.9 Å². The summed E-state index contributed by atoms with van der Waals surface area (Å²) in [6, 6.07) is 8.42. The summed E-state index contributed by atoms with van der Waals surface area (Å²) < 4.78 is 2.12. The first-order valence-electron chi connectivity index (χ1n) is 8.27. The third kappa shape index (κ3) is 3.95. The maximum Gasteiger partial charge on any atom is 0.269 e. The number of carbonyl (C=O) groups is 1. The van der Waals surface area contributed by atoms with E-state index in [1.54, 1.807) is 6.08 Å². The molecule has 1 aromatic carbocycles. The van der Waals surface area contributed by atoms with Crippen molar-refractivity contribution in [2.45, 2.75) is 39.5 Å². The molecule has 0 unspecified atom stereocenters. The SMILES string of the molecule is CC(C)c1cccc(C(C)C)c1-n1ccc(C=CC(=O)N(C)O)c1. The highest BCUT2D eigenvalue weighted by atomic mass is 16.5. The number of nitrogens with zero attached hydrogens (tertiary/aromatic N) is 2. The van der Waals surface area contributed by atoms with Crippen LogP contribution in [-0.4, -0.2) is 27.8 Å². The summed E-state index contributed by atoms with van der Waals surface area (Å²) in [5.74, 6) is 0.391. The first-order chi connectivity index (χ1) is 11.3. The van der Waals surface area contributed by atoms with Crippen LogP contribution in [0.2, 0.25) is 0 Å². The monoisotopic (exact) mass is 326 g/mol. The lowest BCUT2D eigenvalue weighted by molar-refractivity contribution is -0.153. The fourth-order valence-electron chi connectivity index (χ4n) is 2.74. The number of hydrogen-bond donors (Lipinski definition) is 1. The van der Waals surface area contributed by atoms with Crippen molar-refractivity contribution in [3.63, 3.8) is 0 Å². The van der Waals surface area contributed by atoms with E-state index in [4.69, 9.17) is 5.21 Å². The van der Waals surface area contributed by atoms with E-state index in [1.807, 2.05) is 18.5 Å². The van der Waals surface area contributed by atoms with Crippen LogP contribution in [0.1, 0.15) is 56.2 Å². The molecule has 1 N–H and O–H groups in total. The third-order valence-corrected chi connectivity index (χ3v) is 4.05. The molecule has 0 aliphatic rings. The molecule has 24 heavy (non-hydrogen) atoms. The standard InChI is InChI=1S/C20H26N2O2/c1-14(2)17-7-6-8-18(15(3)4)20(17)22-12-11-16(13-22)9-10-19(23)21(5)24/h6-15,24H,1-5H3. The van der Waals surface area contributed by atoms with E-state index in [-0.39, 0.29) is 0 Å². The highest BCUT2D eigenvalue weighted by Gasteiger charge is 2.15. The van der Waals surface area contributed by atoms with Crippen molar-refractivity contribution in [2.24, 2.45) is 0 Å². The number of hydrogen-bond acceptors (Lipinski definition) is 2. The molecule has 2 rings (SSSR count). The van der Waals surface area contributed by atoms with Crippen molar-refractivity contribution in [3.8, 4) is 5.69 Å². The van der Waals surface area contributed by atoms with Gasteiger partial charge < -0.3 is 4.57 Å². The van der Waals surface area contributed by atoms with Crippen LogP contribution in [0.25, 0.3) is 11.8 Å². The molecule has 128 valence electrons. The van der Waals surface area contributed by atoms with E-state index in [1.165, 1.54) is 29.9 Å². The lowest BCUT2D eigenvalue weighted by Crippen LogP contribution is -2.19. The highest BCUT2D eigenvalue weighted by molar-refractivity contribution is 5.90. The molecule has 0 spiro atoms. The summed E-state index contributed by atoms with van der Waals surface area (Å²) in [5.41, 5.74) is 4.74. The summed E-state index contributed by atoms with van der Waals surface area (Å²) in [5, 5.41) is 9.67. The smallest absolute Gasteiger partial charge is 0.269 e. The van der Waals surface area contributed by atoms with E-state index >= 15 is 0 Å². The van der Waals surface area contributed by atoms with Gasteiger partial charge in [0.15, 0.2) is 0 Å². The van der Waals surface area contributed by atoms with Gasteiger partial charge >= 0.3 is 0 Å². The lowest BCUT2D eigenvalue weighted by atomic mass is 9.92. The predicted octanol–water partition coefficient (Wildman–Crippen LogP) is 4.58. The molecule has 1 aromatic heterocycles. The van der Waals surface area contributed by atoms with Gasteiger partial charge in [0.2, 0.25) is 0 Å². The van der Waals surface area contributed by atoms with E-state index in [0.717, 1.165) is 5.56 Å². The van der Waals surface area contributed by atoms with E-state index in [0.29, 0.717) is 16.9 Å². The molecule has 1 amide bonds. The Hall–Kier alpha value is -2.33. The molecule has 1 heterocycles. The molecule has 0 saturated heterocycles. The normalized spacial score (nSPS) is 11.7. The van der Waals surface area contributed by atoms with Crippen molar-refractivity contribution in [2.75, 3.05) is 7.05 Å². The molecule has 0 saturated carbocycles. The molecule has 0 bridgehead atoms. The Balaban J connectivity index is 2.44. The topological polar surface area (TPSA) is 45.5 Å². The number of para-hydroxylation sites is 1. The number of likely N-dealkylation sites (N-methyl/N-ethyl adjacent to an activating group) is 1. The highest BCUT2D eigenvalue weighted by Crippen LogP contribution is 2.31. The summed E-state index contributed by atoms with van der Waals surface area (Å²) in [6.45, 7) is 8.79. The van der Waals surface area contributed by atoms with Gasteiger partial charge in [0.25, 0.3) is 5.91 Å². The largest absolute Gasteiger partial charge is 0.323 e. The molecule has 2 aromatic rings. The minimum absolute atomic E-state index is 0.421. The second kappa shape index (κ2) is 7.49. The number of rotatable bonds is 5. The van der Waals surface area contributed by atoms with Crippen LogP contribution < -0.4 is 0 Å². The molecule has 4 heteroatoms. The number of hydroxylamine groups is 2. The van der Waals surface area contributed by atoms with Crippen molar-refractivity contribution >= 4 is 12.0 Å². The zero-order valence-electron chi connectivity index (χ0n) is 15.0. The zero-order chi connectivity index (χ0) is 17.9. The predicted molar refractivity (Wildman–Crippen MR) is 97.5 cm³/mol. The fraction of sp³-hybridized carbons (Fsp3) is 0.350. The molecule has 0 aliphatic heterocycles. The van der Waals surface area contributed by atoms with Gasteiger partial charge in [-0.2, -0.15) is 0 Å². The Labute approximate surface area is 144 Å². The van der Waals surface area contributed by atoms with Gasteiger partial charge in [0.05, 0.1) is 5.69 Å². The summed E-state index contributed by atoms with van der Waals surface area (Å²) in [6.07, 6.45) is 7.09. The number of aromatic nitrogens is 1. The third-order valence-electron chi connectivity index (χ3n) is 4.05. The Kier molecular flexibility index (Phi) is 5.62. The average molecular weight is 326 g/mol. The van der Waals surface area contributed by atoms with E-state index in [9.17, 15) is 4.79 Å². The minimum Gasteiger partial charge on any atom is -0.323 e. The van der Waals surface area contributed by atoms with Crippen LogP contribution >= 0.6 is 0 Å². The van der Waals surface area contributed by atoms with Crippen LogP contribution in [0.3, 0.4) is 0 Å². The van der Waals surface area contributed by atoms with Crippen LogP contribution in [0.5, 0.6) is 0 Å². The van der Waals surface area contributed by atoms with Gasteiger partial charge in [-0.05, 0) is 40.7 Å². The van der Waals surface area contributed by atoms with E-state index < -0.39 is 5.91 Å². The second-order valence-corrected chi connectivity index (χ2v) is 6.64. The summed E-state index contributed by atoms with van der Waals surface area (Å²) >= 11 is 0.